The molecule has 1 heterocycles. The van der Waals surface area contributed by atoms with Gasteiger partial charge in [0.05, 0.1) is 22.6 Å². The summed E-state index contributed by atoms with van der Waals surface area (Å²) in [4.78, 5) is 38.3. The molecule has 0 atom stereocenters. The maximum absolute atomic E-state index is 12.5. The van der Waals surface area contributed by atoms with Crippen molar-refractivity contribution in [1.82, 2.24) is 10.2 Å². The molecule has 144 valence electrons. The molecule has 3 rings (SSSR count). The zero-order valence-electron chi connectivity index (χ0n) is 15.0. The summed E-state index contributed by atoms with van der Waals surface area (Å²) < 4.78 is 5.10. The number of rotatable bonds is 6. The lowest BCUT2D eigenvalue weighted by Gasteiger charge is -2.13. The topological polar surface area (TPSA) is 75.7 Å². The van der Waals surface area contributed by atoms with Crippen molar-refractivity contribution >= 4 is 46.5 Å². The number of imide groups is 1. The summed E-state index contributed by atoms with van der Waals surface area (Å²) >= 11 is 6.87. The van der Waals surface area contributed by atoms with E-state index in [1.165, 1.54) is 0 Å². The molecule has 0 bridgehead atoms. The third-order valence-electron chi connectivity index (χ3n) is 4.03. The van der Waals surface area contributed by atoms with Crippen LogP contribution >= 0.6 is 23.4 Å². The highest BCUT2D eigenvalue weighted by Gasteiger charge is 2.34. The standard InChI is InChI=1S/C20H17ClN2O4S/c1-27-14-8-6-13(7-9-14)12-17-19(25)23(20(26)28-17)11-10-22-18(24)15-4-2-3-5-16(15)21/h2-9,12H,10-11H2,1H3,(H,22,24)/b17-12-. The number of carbonyl (C=O) groups is 3. The molecule has 1 aliphatic heterocycles. The van der Waals surface area contributed by atoms with E-state index in [9.17, 15) is 14.4 Å². The van der Waals surface area contributed by atoms with Crippen LogP contribution in [0, 0.1) is 0 Å². The maximum Gasteiger partial charge on any atom is 0.293 e. The second-order valence-corrected chi connectivity index (χ2v) is 7.24. The number of halogens is 1. The van der Waals surface area contributed by atoms with Crippen molar-refractivity contribution in [3.05, 3.63) is 69.6 Å². The van der Waals surface area contributed by atoms with Crippen molar-refractivity contribution in [3.8, 4) is 5.75 Å². The summed E-state index contributed by atoms with van der Waals surface area (Å²) in [6, 6.07) is 13.8. The predicted octanol–water partition coefficient (Wildman–Crippen LogP) is 3.81. The van der Waals surface area contributed by atoms with Gasteiger partial charge in [0.15, 0.2) is 0 Å². The first kappa shape index (κ1) is 20.0. The van der Waals surface area contributed by atoms with Gasteiger partial charge in [0.2, 0.25) is 0 Å². The van der Waals surface area contributed by atoms with Gasteiger partial charge in [0.25, 0.3) is 17.1 Å². The predicted molar refractivity (Wildman–Crippen MR) is 109 cm³/mol. The highest BCUT2D eigenvalue weighted by molar-refractivity contribution is 8.18. The fraction of sp³-hybridized carbons (Fsp3) is 0.150. The lowest BCUT2D eigenvalue weighted by Crippen LogP contribution is -2.37. The van der Waals surface area contributed by atoms with E-state index in [1.54, 1.807) is 61.7 Å². The van der Waals surface area contributed by atoms with Crippen molar-refractivity contribution in [1.29, 1.82) is 0 Å². The number of ether oxygens (including phenoxy) is 1. The Kier molecular flexibility index (Phi) is 6.38. The van der Waals surface area contributed by atoms with E-state index in [-0.39, 0.29) is 30.1 Å². The van der Waals surface area contributed by atoms with Gasteiger partial charge < -0.3 is 10.1 Å². The Bertz CT molecular complexity index is 943. The lowest BCUT2D eigenvalue weighted by molar-refractivity contribution is -0.122. The van der Waals surface area contributed by atoms with Crippen LogP contribution in [0.1, 0.15) is 15.9 Å². The van der Waals surface area contributed by atoms with E-state index in [0.29, 0.717) is 21.2 Å². The Hall–Kier alpha value is -2.77. The number of hydrogen-bond acceptors (Lipinski definition) is 5. The van der Waals surface area contributed by atoms with Crippen LogP contribution in [-0.4, -0.2) is 42.2 Å². The number of carbonyl (C=O) groups excluding carboxylic acids is 3. The first-order valence-electron chi connectivity index (χ1n) is 8.42. The molecule has 1 saturated heterocycles. The molecule has 0 aliphatic carbocycles. The number of nitrogens with one attached hydrogen (secondary N) is 1. The van der Waals surface area contributed by atoms with Crippen molar-refractivity contribution in [2.45, 2.75) is 0 Å². The van der Waals surface area contributed by atoms with Gasteiger partial charge >= 0.3 is 0 Å². The van der Waals surface area contributed by atoms with E-state index in [4.69, 9.17) is 16.3 Å². The Balaban J connectivity index is 1.60. The molecule has 1 N–H and O–H groups in total. The van der Waals surface area contributed by atoms with Gasteiger partial charge in [-0.1, -0.05) is 35.9 Å². The van der Waals surface area contributed by atoms with Crippen molar-refractivity contribution in [3.63, 3.8) is 0 Å². The lowest BCUT2D eigenvalue weighted by atomic mass is 10.2. The molecule has 2 aromatic rings. The van der Waals surface area contributed by atoms with Crippen molar-refractivity contribution in [2.75, 3.05) is 20.2 Å². The second-order valence-electron chi connectivity index (χ2n) is 5.84. The quantitative estimate of drug-likeness (QED) is 0.724. The van der Waals surface area contributed by atoms with Crippen LogP contribution in [0.25, 0.3) is 6.08 Å². The van der Waals surface area contributed by atoms with Gasteiger partial charge in [-0.2, -0.15) is 0 Å². The summed E-state index contributed by atoms with van der Waals surface area (Å²) in [6.07, 6.45) is 1.66. The van der Waals surface area contributed by atoms with Crippen LogP contribution in [0.5, 0.6) is 5.75 Å². The largest absolute Gasteiger partial charge is 0.497 e. The molecular weight excluding hydrogens is 400 g/mol. The van der Waals surface area contributed by atoms with Gasteiger partial charge in [-0.3, -0.25) is 19.3 Å². The molecule has 0 saturated carbocycles. The first-order chi connectivity index (χ1) is 13.5. The minimum atomic E-state index is -0.377. The summed E-state index contributed by atoms with van der Waals surface area (Å²) in [5.41, 5.74) is 1.14. The van der Waals surface area contributed by atoms with Crippen LogP contribution in [0.3, 0.4) is 0 Å². The van der Waals surface area contributed by atoms with Gasteiger partial charge in [-0.15, -0.1) is 0 Å². The molecule has 6 nitrogen and oxygen atoms in total. The first-order valence-corrected chi connectivity index (χ1v) is 9.61. The zero-order valence-corrected chi connectivity index (χ0v) is 16.5. The molecule has 28 heavy (non-hydrogen) atoms. The summed E-state index contributed by atoms with van der Waals surface area (Å²) in [5, 5.41) is 2.65. The minimum Gasteiger partial charge on any atom is -0.497 e. The van der Waals surface area contributed by atoms with E-state index >= 15 is 0 Å². The smallest absolute Gasteiger partial charge is 0.293 e. The van der Waals surface area contributed by atoms with E-state index in [0.717, 1.165) is 22.2 Å². The average molecular weight is 417 g/mol. The Morgan fingerprint density at radius 1 is 1.18 bits per heavy atom. The number of methoxy groups -OCH3 is 1. The van der Waals surface area contributed by atoms with E-state index < -0.39 is 0 Å². The SMILES string of the molecule is COc1ccc(/C=C2\SC(=O)N(CCNC(=O)c3ccccc3Cl)C2=O)cc1. The molecule has 0 spiro atoms. The van der Waals surface area contributed by atoms with Crippen LogP contribution in [0.2, 0.25) is 5.02 Å². The number of thioether (sulfide) groups is 1. The second kappa shape index (κ2) is 8.95. The molecule has 8 heteroatoms. The fourth-order valence-electron chi connectivity index (χ4n) is 2.57. The third kappa shape index (κ3) is 4.55. The molecule has 3 amide bonds. The van der Waals surface area contributed by atoms with Crippen molar-refractivity contribution in [2.24, 2.45) is 0 Å². The van der Waals surface area contributed by atoms with Crippen LogP contribution in [-0.2, 0) is 4.79 Å². The normalized spacial score (nSPS) is 15.2. The molecule has 0 unspecified atom stereocenters. The number of nitrogens with zero attached hydrogens (tertiary/aromatic N) is 1. The van der Waals surface area contributed by atoms with E-state index in [1.807, 2.05) is 0 Å². The molecule has 1 fully saturated rings. The van der Waals surface area contributed by atoms with Crippen molar-refractivity contribution < 1.29 is 19.1 Å². The third-order valence-corrected chi connectivity index (χ3v) is 5.26. The van der Waals surface area contributed by atoms with Crippen LogP contribution in [0.15, 0.2) is 53.4 Å². The molecule has 1 aliphatic rings. The Labute approximate surface area is 171 Å². The highest BCUT2D eigenvalue weighted by atomic mass is 35.5. The van der Waals surface area contributed by atoms with Gasteiger partial charge in [-0.25, -0.2) is 0 Å². The van der Waals surface area contributed by atoms with Crippen LogP contribution < -0.4 is 10.1 Å². The molecule has 0 aromatic heterocycles. The maximum atomic E-state index is 12.5. The fourth-order valence-corrected chi connectivity index (χ4v) is 3.65. The summed E-state index contributed by atoms with van der Waals surface area (Å²) in [6.45, 7) is 0.221. The van der Waals surface area contributed by atoms with Gasteiger partial charge in [0, 0.05) is 13.1 Å². The molecule has 2 aromatic carbocycles. The van der Waals surface area contributed by atoms with E-state index in [2.05, 4.69) is 5.32 Å². The average Bonchev–Trinajstić information content (AvgIpc) is 2.96. The minimum absolute atomic E-state index is 0.0841. The number of hydrogen-bond donors (Lipinski definition) is 1. The summed E-state index contributed by atoms with van der Waals surface area (Å²) in [7, 11) is 1.57. The Morgan fingerprint density at radius 3 is 2.57 bits per heavy atom. The summed E-state index contributed by atoms with van der Waals surface area (Å²) in [5.74, 6) is -0.0244. The Morgan fingerprint density at radius 2 is 1.89 bits per heavy atom. The molecular formula is C20H17ClN2O4S. The van der Waals surface area contributed by atoms with Crippen LogP contribution in [0.4, 0.5) is 4.79 Å². The highest BCUT2D eigenvalue weighted by Crippen LogP contribution is 2.32. The number of benzene rings is 2. The monoisotopic (exact) mass is 416 g/mol. The number of amides is 3. The zero-order chi connectivity index (χ0) is 20.1. The van der Waals surface area contributed by atoms with Gasteiger partial charge in [-0.05, 0) is 47.7 Å². The van der Waals surface area contributed by atoms with Gasteiger partial charge in [0.1, 0.15) is 5.75 Å². The molecule has 0 radical (unpaired) electrons.